The first-order chi connectivity index (χ1) is 7.18. The van der Waals surface area contributed by atoms with Crippen molar-refractivity contribution in [1.82, 2.24) is 10.2 Å². The van der Waals surface area contributed by atoms with Crippen LogP contribution in [0.3, 0.4) is 0 Å². The van der Waals surface area contributed by atoms with Crippen LogP contribution in [0.4, 0.5) is 0 Å². The van der Waals surface area contributed by atoms with Crippen LogP contribution in [0, 0.1) is 5.92 Å². The van der Waals surface area contributed by atoms with E-state index in [9.17, 15) is 4.79 Å². The van der Waals surface area contributed by atoms with Crippen molar-refractivity contribution in [1.29, 1.82) is 0 Å². The van der Waals surface area contributed by atoms with Gasteiger partial charge in [-0.25, -0.2) is 0 Å². The first kappa shape index (κ1) is 10.9. The molecule has 1 amide bonds. The Bertz CT molecular complexity index is 236. The van der Waals surface area contributed by atoms with Crippen molar-refractivity contribution in [3.05, 3.63) is 0 Å². The van der Waals surface area contributed by atoms with E-state index in [-0.39, 0.29) is 6.04 Å². The smallest absolute Gasteiger partial charge is 0.240 e. The van der Waals surface area contributed by atoms with Crippen LogP contribution in [0.25, 0.3) is 0 Å². The molecular formula is C12H22N2O. The molecule has 0 bridgehead atoms. The Morgan fingerprint density at radius 3 is 2.73 bits per heavy atom. The molecule has 2 atom stereocenters. The van der Waals surface area contributed by atoms with Crippen molar-refractivity contribution in [2.75, 3.05) is 13.1 Å². The monoisotopic (exact) mass is 210 g/mol. The molecule has 2 saturated heterocycles. The maximum Gasteiger partial charge on any atom is 0.240 e. The minimum Gasteiger partial charge on any atom is -0.338 e. The summed E-state index contributed by atoms with van der Waals surface area (Å²) in [6, 6.07) is 0.651. The van der Waals surface area contributed by atoms with Gasteiger partial charge in [-0.05, 0) is 38.1 Å². The van der Waals surface area contributed by atoms with Crippen LogP contribution in [-0.2, 0) is 4.79 Å². The predicted molar refractivity (Wildman–Crippen MR) is 60.6 cm³/mol. The molecule has 2 aliphatic heterocycles. The van der Waals surface area contributed by atoms with Gasteiger partial charge in [-0.3, -0.25) is 4.79 Å². The summed E-state index contributed by atoms with van der Waals surface area (Å²) < 4.78 is 0. The molecule has 0 aromatic rings. The van der Waals surface area contributed by atoms with Crippen molar-refractivity contribution >= 4 is 5.91 Å². The van der Waals surface area contributed by atoms with E-state index in [1.807, 2.05) is 0 Å². The molecule has 15 heavy (non-hydrogen) atoms. The number of amides is 1. The lowest BCUT2D eigenvalue weighted by atomic mass is 10.00. The third-order valence-corrected chi connectivity index (χ3v) is 3.53. The fourth-order valence-corrected chi connectivity index (χ4v) is 2.61. The molecule has 2 aliphatic rings. The average molecular weight is 210 g/mol. The van der Waals surface area contributed by atoms with Gasteiger partial charge in [-0.1, -0.05) is 13.8 Å². The molecule has 0 saturated carbocycles. The molecule has 2 heterocycles. The second-order valence-corrected chi connectivity index (χ2v) is 5.25. The fourth-order valence-electron chi connectivity index (χ4n) is 2.61. The Hall–Kier alpha value is -0.570. The third-order valence-electron chi connectivity index (χ3n) is 3.53. The SMILES string of the molecule is CC(C)CC1CCCN1C(=O)[C@H]1CCN1. The second kappa shape index (κ2) is 4.52. The summed E-state index contributed by atoms with van der Waals surface area (Å²) in [7, 11) is 0. The lowest BCUT2D eigenvalue weighted by Crippen LogP contribution is -2.55. The van der Waals surface area contributed by atoms with Crippen LogP contribution in [0.2, 0.25) is 0 Å². The van der Waals surface area contributed by atoms with Gasteiger partial charge in [0, 0.05) is 12.6 Å². The Labute approximate surface area is 92.2 Å². The molecule has 0 aliphatic carbocycles. The summed E-state index contributed by atoms with van der Waals surface area (Å²) >= 11 is 0. The number of likely N-dealkylation sites (tertiary alicyclic amines) is 1. The maximum absolute atomic E-state index is 12.1. The van der Waals surface area contributed by atoms with E-state index >= 15 is 0 Å². The topological polar surface area (TPSA) is 32.3 Å². The molecule has 0 aromatic carbocycles. The van der Waals surface area contributed by atoms with Gasteiger partial charge in [0.2, 0.25) is 5.91 Å². The molecule has 2 rings (SSSR count). The van der Waals surface area contributed by atoms with Gasteiger partial charge in [0.05, 0.1) is 6.04 Å². The Kier molecular flexibility index (Phi) is 3.29. The second-order valence-electron chi connectivity index (χ2n) is 5.25. The normalized spacial score (nSPS) is 30.7. The molecule has 0 radical (unpaired) electrons. The summed E-state index contributed by atoms with van der Waals surface area (Å²) in [5, 5.41) is 3.20. The first-order valence-corrected chi connectivity index (χ1v) is 6.22. The van der Waals surface area contributed by atoms with Crippen molar-refractivity contribution in [2.45, 2.75) is 51.6 Å². The third kappa shape index (κ3) is 2.33. The van der Waals surface area contributed by atoms with E-state index in [0.717, 1.165) is 19.5 Å². The zero-order valence-corrected chi connectivity index (χ0v) is 9.83. The van der Waals surface area contributed by atoms with Gasteiger partial charge in [-0.2, -0.15) is 0 Å². The minimum atomic E-state index is 0.137. The van der Waals surface area contributed by atoms with E-state index in [4.69, 9.17) is 0 Å². The maximum atomic E-state index is 12.1. The van der Waals surface area contributed by atoms with E-state index < -0.39 is 0 Å². The van der Waals surface area contributed by atoms with Gasteiger partial charge in [0.1, 0.15) is 0 Å². The first-order valence-electron chi connectivity index (χ1n) is 6.22. The van der Waals surface area contributed by atoms with Crippen LogP contribution in [0.5, 0.6) is 0 Å². The molecule has 2 fully saturated rings. The summed E-state index contributed by atoms with van der Waals surface area (Å²) in [6.45, 7) is 6.47. The summed E-state index contributed by atoms with van der Waals surface area (Å²) in [6.07, 6.45) is 4.59. The summed E-state index contributed by atoms with van der Waals surface area (Å²) in [5.74, 6) is 1.04. The molecular weight excluding hydrogens is 188 g/mol. The lowest BCUT2D eigenvalue weighted by molar-refractivity contribution is -0.136. The highest BCUT2D eigenvalue weighted by Crippen LogP contribution is 2.25. The quantitative estimate of drug-likeness (QED) is 0.763. The standard InChI is InChI=1S/C12H22N2O/c1-9(2)8-10-4-3-7-14(10)12(15)11-5-6-13-11/h9-11,13H,3-8H2,1-2H3/t10?,11-/m1/s1. The summed E-state index contributed by atoms with van der Waals surface area (Å²) in [5.41, 5.74) is 0. The van der Waals surface area contributed by atoms with E-state index in [2.05, 4.69) is 24.1 Å². The molecule has 1 unspecified atom stereocenters. The van der Waals surface area contributed by atoms with E-state index in [1.54, 1.807) is 0 Å². The van der Waals surface area contributed by atoms with Crippen molar-refractivity contribution < 1.29 is 4.79 Å². The summed E-state index contributed by atoms with van der Waals surface area (Å²) in [4.78, 5) is 14.2. The number of nitrogens with zero attached hydrogens (tertiary/aromatic N) is 1. The Morgan fingerprint density at radius 2 is 2.20 bits per heavy atom. The molecule has 86 valence electrons. The van der Waals surface area contributed by atoms with E-state index in [1.165, 1.54) is 19.3 Å². The van der Waals surface area contributed by atoms with Crippen molar-refractivity contribution in [3.8, 4) is 0 Å². The van der Waals surface area contributed by atoms with Gasteiger partial charge in [0.15, 0.2) is 0 Å². The molecule has 0 spiro atoms. The number of carbonyl (C=O) groups is 1. The van der Waals surface area contributed by atoms with Gasteiger partial charge in [-0.15, -0.1) is 0 Å². The number of rotatable bonds is 3. The average Bonchev–Trinajstić information content (AvgIpc) is 2.47. The Balaban J connectivity index is 1.91. The van der Waals surface area contributed by atoms with Crippen LogP contribution in [0.1, 0.15) is 39.5 Å². The highest BCUT2D eigenvalue weighted by Gasteiger charge is 2.35. The molecule has 3 heteroatoms. The molecule has 3 nitrogen and oxygen atoms in total. The minimum absolute atomic E-state index is 0.137. The zero-order chi connectivity index (χ0) is 10.8. The molecule has 1 N–H and O–H groups in total. The van der Waals surface area contributed by atoms with Gasteiger partial charge >= 0.3 is 0 Å². The highest BCUT2D eigenvalue weighted by atomic mass is 16.2. The van der Waals surface area contributed by atoms with E-state index in [0.29, 0.717) is 17.9 Å². The number of nitrogens with one attached hydrogen (secondary N) is 1. The zero-order valence-electron chi connectivity index (χ0n) is 9.83. The molecule has 0 aromatic heterocycles. The number of hydrogen-bond donors (Lipinski definition) is 1. The van der Waals surface area contributed by atoms with Crippen LogP contribution in [0.15, 0.2) is 0 Å². The largest absolute Gasteiger partial charge is 0.338 e. The van der Waals surface area contributed by atoms with Crippen LogP contribution < -0.4 is 5.32 Å². The number of hydrogen-bond acceptors (Lipinski definition) is 2. The highest BCUT2D eigenvalue weighted by molar-refractivity contribution is 5.83. The number of carbonyl (C=O) groups excluding carboxylic acids is 1. The van der Waals surface area contributed by atoms with Crippen LogP contribution in [-0.4, -0.2) is 36.0 Å². The lowest BCUT2D eigenvalue weighted by Gasteiger charge is -2.34. The van der Waals surface area contributed by atoms with Crippen molar-refractivity contribution in [2.24, 2.45) is 5.92 Å². The van der Waals surface area contributed by atoms with Crippen molar-refractivity contribution in [3.63, 3.8) is 0 Å². The van der Waals surface area contributed by atoms with Crippen LogP contribution >= 0.6 is 0 Å². The predicted octanol–water partition coefficient (Wildman–Crippen LogP) is 1.39. The van der Waals surface area contributed by atoms with Gasteiger partial charge in [0.25, 0.3) is 0 Å². The fraction of sp³-hybridized carbons (Fsp3) is 0.917. The van der Waals surface area contributed by atoms with Gasteiger partial charge < -0.3 is 10.2 Å². The Morgan fingerprint density at radius 1 is 1.47 bits per heavy atom.